The third-order valence-corrected chi connectivity index (χ3v) is 7.67. The second-order valence-corrected chi connectivity index (χ2v) is 11.6. The Hall–Kier alpha value is -1.90. The van der Waals surface area contributed by atoms with Gasteiger partial charge in [0.25, 0.3) is 0 Å². The molecule has 0 N–H and O–H groups in total. The van der Waals surface area contributed by atoms with Crippen LogP contribution in [-0.2, 0) is 16.0 Å². The Labute approximate surface area is 255 Å². The van der Waals surface area contributed by atoms with Crippen LogP contribution in [0.2, 0.25) is 0 Å². The number of ether oxygens (including phenoxy) is 1. The van der Waals surface area contributed by atoms with Crippen LogP contribution in [0, 0.1) is 5.92 Å². The van der Waals surface area contributed by atoms with E-state index in [1.165, 1.54) is 116 Å². The molecule has 1 aromatic carbocycles. The largest absolute Gasteiger partial charge is 0.427 e. The molecule has 1 aliphatic carbocycles. The molecule has 0 amide bonds. The predicted molar refractivity (Wildman–Crippen MR) is 179 cm³/mol. The molecule has 0 heterocycles. The Balaban J connectivity index is 0.00000121. The fraction of sp³-hybridized carbons (Fsp3) is 0.737. The molecule has 0 aliphatic heterocycles. The summed E-state index contributed by atoms with van der Waals surface area (Å²) in [5.41, 5.74) is 0.944. The molecule has 0 radical (unpaired) electrons. The topological polar surface area (TPSA) is 43.4 Å². The van der Waals surface area contributed by atoms with Crippen LogP contribution in [0.25, 0.3) is 0 Å². The van der Waals surface area contributed by atoms with Crippen LogP contribution >= 0.6 is 0 Å². The maximum Gasteiger partial charge on any atom is 0.311 e. The van der Waals surface area contributed by atoms with Crippen molar-refractivity contribution in [3.63, 3.8) is 0 Å². The van der Waals surface area contributed by atoms with Crippen LogP contribution in [0.5, 0.6) is 5.75 Å². The fourth-order valence-electron chi connectivity index (χ4n) is 5.37. The molecular weight excluding hydrogens is 504 g/mol. The van der Waals surface area contributed by atoms with Crippen molar-refractivity contribution in [1.82, 2.24) is 0 Å². The van der Waals surface area contributed by atoms with Crippen LogP contribution < -0.4 is 4.74 Å². The standard InChI is InChI=1S/C27H42O3.C9H18.C2H6/c1-3-4-5-6-7-8-9-10-11-12-13-14-15-16-17-18-27(29)30-26-21-19-25(20-22-26)23-24(2)28;1-2-6-9-7-4-3-5-8-9;1-2/h10-11,19-22H,3-9,12-18,23H2,1-2H3;9H,2-8H2,1H3;1-2H3/b11-10-;;. The van der Waals surface area contributed by atoms with E-state index in [1.807, 2.05) is 26.0 Å². The van der Waals surface area contributed by atoms with Crippen LogP contribution in [0.3, 0.4) is 0 Å². The van der Waals surface area contributed by atoms with Crippen LogP contribution in [0.1, 0.15) is 175 Å². The highest BCUT2D eigenvalue weighted by molar-refractivity contribution is 5.78. The number of carbonyl (C=O) groups is 2. The molecule has 0 bridgehead atoms. The van der Waals surface area contributed by atoms with E-state index in [9.17, 15) is 9.59 Å². The molecule has 0 spiro atoms. The summed E-state index contributed by atoms with van der Waals surface area (Å²) in [6.45, 7) is 10.1. The second-order valence-electron chi connectivity index (χ2n) is 11.6. The van der Waals surface area contributed by atoms with Gasteiger partial charge in [-0.1, -0.05) is 148 Å². The Morgan fingerprint density at radius 2 is 1.27 bits per heavy atom. The first-order valence-corrected chi connectivity index (χ1v) is 17.5. The van der Waals surface area contributed by atoms with Crippen molar-refractivity contribution >= 4 is 11.8 Å². The van der Waals surface area contributed by atoms with Gasteiger partial charge in [0, 0.05) is 12.8 Å². The summed E-state index contributed by atoms with van der Waals surface area (Å²) < 4.78 is 5.36. The van der Waals surface area contributed by atoms with Gasteiger partial charge in [0.15, 0.2) is 0 Å². The lowest BCUT2D eigenvalue weighted by atomic mass is 9.86. The first-order chi connectivity index (χ1) is 20.0. The van der Waals surface area contributed by atoms with Crippen molar-refractivity contribution in [3.05, 3.63) is 42.0 Å². The summed E-state index contributed by atoms with van der Waals surface area (Å²) in [5.74, 6) is 1.61. The van der Waals surface area contributed by atoms with Crippen molar-refractivity contribution in [1.29, 1.82) is 0 Å². The van der Waals surface area contributed by atoms with Crippen molar-refractivity contribution in [3.8, 4) is 5.75 Å². The molecular formula is C38H66O3. The number of hydrogen-bond donors (Lipinski definition) is 0. The molecule has 0 saturated heterocycles. The van der Waals surface area contributed by atoms with Crippen molar-refractivity contribution in [2.75, 3.05) is 0 Å². The number of ketones is 1. The van der Waals surface area contributed by atoms with Gasteiger partial charge < -0.3 is 4.74 Å². The molecule has 0 aromatic heterocycles. The number of allylic oxidation sites excluding steroid dienone is 2. The van der Waals surface area contributed by atoms with Gasteiger partial charge in [0.1, 0.15) is 11.5 Å². The zero-order valence-corrected chi connectivity index (χ0v) is 27.8. The van der Waals surface area contributed by atoms with Gasteiger partial charge in [0.05, 0.1) is 0 Å². The van der Waals surface area contributed by atoms with Gasteiger partial charge >= 0.3 is 5.97 Å². The zero-order chi connectivity index (χ0) is 30.4. The Kier molecular flexibility index (Phi) is 28.2. The third-order valence-electron chi connectivity index (χ3n) is 7.67. The summed E-state index contributed by atoms with van der Waals surface area (Å²) in [4.78, 5) is 23.0. The molecule has 236 valence electrons. The number of unbranched alkanes of at least 4 members (excludes halogenated alkanes) is 11. The fourth-order valence-corrected chi connectivity index (χ4v) is 5.37. The van der Waals surface area contributed by atoms with Crippen LogP contribution in [0.4, 0.5) is 0 Å². The van der Waals surface area contributed by atoms with E-state index in [1.54, 1.807) is 19.1 Å². The quantitative estimate of drug-likeness (QED) is 0.0677. The lowest BCUT2D eigenvalue weighted by Gasteiger charge is -2.20. The summed E-state index contributed by atoms with van der Waals surface area (Å²) >= 11 is 0. The Bertz CT molecular complexity index is 741. The van der Waals surface area contributed by atoms with Gasteiger partial charge in [-0.3, -0.25) is 9.59 Å². The lowest BCUT2D eigenvalue weighted by Crippen LogP contribution is -2.07. The highest BCUT2D eigenvalue weighted by atomic mass is 16.5. The minimum Gasteiger partial charge on any atom is -0.427 e. The highest BCUT2D eigenvalue weighted by Crippen LogP contribution is 2.26. The first kappa shape index (κ1) is 39.1. The Morgan fingerprint density at radius 3 is 1.80 bits per heavy atom. The summed E-state index contributed by atoms with van der Waals surface area (Å²) in [7, 11) is 0. The predicted octanol–water partition coefficient (Wildman–Crippen LogP) is 12.2. The molecule has 1 aliphatic rings. The number of esters is 1. The molecule has 1 fully saturated rings. The smallest absolute Gasteiger partial charge is 0.311 e. The molecule has 0 unspecified atom stereocenters. The molecule has 41 heavy (non-hydrogen) atoms. The maximum atomic E-state index is 11.9. The van der Waals surface area contributed by atoms with Gasteiger partial charge in [-0.15, -0.1) is 0 Å². The Morgan fingerprint density at radius 1 is 0.732 bits per heavy atom. The monoisotopic (exact) mass is 571 g/mol. The summed E-state index contributed by atoms with van der Waals surface area (Å²) in [6.07, 6.45) is 32.2. The first-order valence-electron chi connectivity index (χ1n) is 17.5. The number of Topliss-reactive ketones (excluding diaryl/α,β-unsaturated/α-hetero) is 1. The summed E-state index contributed by atoms with van der Waals surface area (Å²) in [5, 5.41) is 0. The van der Waals surface area contributed by atoms with E-state index in [0.717, 1.165) is 24.3 Å². The third kappa shape index (κ3) is 25.5. The lowest BCUT2D eigenvalue weighted by molar-refractivity contribution is -0.134. The SMILES string of the molecule is CC.CCCC1CCCCC1.CCCCCCCC/C=C\CCCCCCCC(=O)Oc1ccc(CC(C)=O)cc1. The number of carbonyl (C=O) groups excluding carboxylic acids is 2. The van der Waals surface area contributed by atoms with Gasteiger partial charge in [-0.25, -0.2) is 0 Å². The van der Waals surface area contributed by atoms with E-state index >= 15 is 0 Å². The minimum atomic E-state index is -0.174. The average Bonchev–Trinajstić information content (AvgIpc) is 2.98. The molecule has 3 nitrogen and oxygen atoms in total. The molecule has 1 saturated carbocycles. The molecule has 0 atom stereocenters. The van der Waals surface area contributed by atoms with E-state index in [-0.39, 0.29) is 11.8 Å². The summed E-state index contributed by atoms with van der Waals surface area (Å²) in [6, 6.07) is 7.20. The molecule has 3 heteroatoms. The zero-order valence-electron chi connectivity index (χ0n) is 27.8. The van der Waals surface area contributed by atoms with E-state index in [4.69, 9.17) is 4.74 Å². The minimum absolute atomic E-state index is 0.129. The highest BCUT2D eigenvalue weighted by Gasteiger charge is 2.11. The van der Waals surface area contributed by atoms with Crippen LogP contribution in [0.15, 0.2) is 36.4 Å². The van der Waals surface area contributed by atoms with Gasteiger partial charge in [-0.2, -0.15) is 0 Å². The maximum absolute atomic E-state index is 11.9. The number of hydrogen-bond acceptors (Lipinski definition) is 3. The van der Waals surface area contributed by atoms with Crippen molar-refractivity contribution in [2.45, 2.75) is 176 Å². The second kappa shape index (κ2) is 29.6. The molecule has 2 rings (SSSR count). The number of benzene rings is 1. The van der Waals surface area contributed by atoms with Gasteiger partial charge in [0.2, 0.25) is 0 Å². The number of rotatable bonds is 20. The van der Waals surface area contributed by atoms with E-state index in [0.29, 0.717) is 18.6 Å². The van der Waals surface area contributed by atoms with Crippen molar-refractivity contribution in [2.24, 2.45) is 5.92 Å². The normalized spacial score (nSPS) is 13.2. The van der Waals surface area contributed by atoms with E-state index < -0.39 is 0 Å². The molecule has 1 aromatic rings. The van der Waals surface area contributed by atoms with Crippen molar-refractivity contribution < 1.29 is 14.3 Å². The average molecular weight is 571 g/mol. The van der Waals surface area contributed by atoms with Gasteiger partial charge in [-0.05, 0) is 62.6 Å². The van der Waals surface area contributed by atoms with Crippen LogP contribution in [-0.4, -0.2) is 11.8 Å². The van der Waals surface area contributed by atoms with E-state index in [2.05, 4.69) is 26.0 Å².